The highest BCUT2D eigenvalue weighted by atomic mass is 35.5. The Kier molecular flexibility index (Phi) is 4.21. The highest BCUT2D eigenvalue weighted by Crippen LogP contribution is 2.53. The molecule has 2 aliphatic heterocycles. The van der Waals surface area contributed by atoms with Crippen LogP contribution in [0.1, 0.15) is 24.3 Å². The van der Waals surface area contributed by atoms with E-state index in [0.717, 1.165) is 12.0 Å². The molecule has 3 fully saturated rings. The molecule has 0 aromatic heterocycles. The van der Waals surface area contributed by atoms with Gasteiger partial charge in [-0.2, -0.15) is 0 Å². The quantitative estimate of drug-likeness (QED) is 0.870. The van der Waals surface area contributed by atoms with E-state index >= 15 is 0 Å². The van der Waals surface area contributed by atoms with E-state index < -0.39 is 11.4 Å². The Labute approximate surface area is 155 Å². The number of carboxylic acids is 1. The van der Waals surface area contributed by atoms with Crippen molar-refractivity contribution in [3.05, 3.63) is 33.8 Å². The first kappa shape index (κ1) is 17.1. The van der Waals surface area contributed by atoms with Crippen LogP contribution in [0.3, 0.4) is 0 Å². The molecule has 1 amide bonds. The summed E-state index contributed by atoms with van der Waals surface area (Å²) in [6.07, 6.45) is 1.20. The molecule has 4 atom stereocenters. The lowest BCUT2D eigenvalue weighted by Gasteiger charge is -2.33. The summed E-state index contributed by atoms with van der Waals surface area (Å²) in [5.41, 5.74) is 0.0480. The second-order valence-corrected chi connectivity index (χ2v) is 8.08. The van der Waals surface area contributed by atoms with Crippen molar-refractivity contribution in [1.29, 1.82) is 0 Å². The van der Waals surface area contributed by atoms with E-state index in [9.17, 15) is 14.7 Å². The minimum Gasteiger partial charge on any atom is -0.481 e. The topological polar surface area (TPSA) is 66.8 Å². The molecule has 1 aromatic rings. The molecule has 25 heavy (non-hydrogen) atoms. The van der Waals surface area contributed by atoms with Crippen molar-refractivity contribution in [1.82, 2.24) is 4.90 Å². The van der Waals surface area contributed by atoms with E-state index in [-0.39, 0.29) is 30.2 Å². The average molecular weight is 384 g/mol. The number of benzene rings is 1. The summed E-state index contributed by atoms with van der Waals surface area (Å²) in [5.74, 6) is -0.992. The molecule has 1 N–H and O–H groups in total. The molecule has 1 saturated carbocycles. The van der Waals surface area contributed by atoms with Crippen LogP contribution in [0.15, 0.2) is 18.2 Å². The molecule has 2 heterocycles. The maximum absolute atomic E-state index is 12.9. The van der Waals surface area contributed by atoms with Crippen molar-refractivity contribution < 1.29 is 19.4 Å². The molecule has 1 aliphatic carbocycles. The second kappa shape index (κ2) is 6.15. The van der Waals surface area contributed by atoms with Gasteiger partial charge in [0.05, 0.1) is 22.1 Å². The lowest BCUT2D eigenvalue weighted by Crippen LogP contribution is -2.45. The maximum Gasteiger partial charge on any atom is 0.311 e. The van der Waals surface area contributed by atoms with Gasteiger partial charge in [-0.3, -0.25) is 9.59 Å². The normalized spacial score (nSPS) is 33.8. The largest absolute Gasteiger partial charge is 0.481 e. The summed E-state index contributed by atoms with van der Waals surface area (Å²) < 4.78 is 5.45. The molecule has 7 heteroatoms. The van der Waals surface area contributed by atoms with Crippen LogP contribution in [0.2, 0.25) is 10.0 Å². The molecule has 0 spiro atoms. The Morgan fingerprint density at radius 3 is 2.84 bits per heavy atom. The third-order valence-electron chi connectivity index (χ3n) is 5.93. The van der Waals surface area contributed by atoms with E-state index in [1.165, 1.54) is 0 Å². The van der Waals surface area contributed by atoms with Gasteiger partial charge >= 0.3 is 5.97 Å². The Morgan fingerprint density at radius 1 is 1.32 bits per heavy atom. The van der Waals surface area contributed by atoms with Crippen molar-refractivity contribution in [2.75, 3.05) is 26.3 Å². The van der Waals surface area contributed by atoms with E-state index in [4.69, 9.17) is 27.9 Å². The highest BCUT2D eigenvalue weighted by Gasteiger charge is 2.57. The van der Waals surface area contributed by atoms with Crippen LogP contribution in [0.25, 0.3) is 0 Å². The van der Waals surface area contributed by atoms with Gasteiger partial charge in [-0.25, -0.2) is 0 Å². The van der Waals surface area contributed by atoms with Gasteiger partial charge in [0.2, 0.25) is 5.91 Å². The van der Waals surface area contributed by atoms with Gasteiger partial charge in [-0.1, -0.05) is 35.3 Å². The fourth-order valence-corrected chi connectivity index (χ4v) is 4.77. The SMILES string of the molecule is O=C(C1CC1c1cccc(Cl)c1Cl)N1C[C@H]2COCC[C@@]2(C(=O)O)C1. The van der Waals surface area contributed by atoms with Gasteiger partial charge in [-0.05, 0) is 30.4 Å². The summed E-state index contributed by atoms with van der Waals surface area (Å²) >= 11 is 12.3. The van der Waals surface area contributed by atoms with Crippen molar-refractivity contribution >= 4 is 35.1 Å². The number of carboxylic acid groups (broad SMARTS) is 1. The van der Waals surface area contributed by atoms with Crippen LogP contribution >= 0.6 is 23.2 Å². The second-order valence-electron chi connectivity index (χ2n) is 7.29. The fraction of sp³-hybridized carbons (Fsp3) is 0.556. The van der Waals surface area contributed by atoms with Gasteiger partial charge in [-0.15, -0.1) is 0 Å². The molecule has 0 bridgehead atoms. The van der Waals surface area contributed by atoms with Crippen molar-refractivity contribution in [2.24, 2.45) is 17.3 Å². The Balaban J connectivity index is 1.50. The minimum absolute atomic E-state index is 0.0241. The number of carbonyl (C=O) groups is 2. The minimum atomic E-state index is -0.855. The predicted molar refractivity (Wildman–Crippen MR) is 92.9 cm³/mol. The molecule has 134 valence electrons. The third-order valence-corrected chi connectivity index (χ3v) is 6.77. The zero-order valence-corrected chi connectivity index (χ0v) is 15.1. The van der Waals surface area contributed by atoms with Crippen LogP contribution in [0.5, 0.6) is 0 Å². The number of hydrogen-bond acceptors (Lipinski definition) is 3. The van der Waals surface area contributed by atoms with Crippen LogP contribution in [0, 0.1) is 17.3 Å². The van der Waals surface area contributed by atoms with Crippen molar-refractivity contribution in [2.45, 2.75) is 18.8 Å². The highest BCUT2D eigenvalue weighted by molar-refractivity contribution is 6.42. The van der Waals surface area contributed by atoms with Gasteiger partial charge in [0, 0.05) is 31.5 Å². The molecular formula is C18H19Cl2NO4. The smallest absolute Gasteiger partial charge is 0.311 e. The number of amides is 1. The first-order valence-corrected chi connectivity index (χ1v) is 9.23. The number of likely N-dealkylation sites (tertiary alicyclic amines) is 1. The van der Waals surface area contributed by atoms with Crippen LogP contribution in [0.4, 0.5) is 0 Å². The number of aliphatic carboxylic acids is 1. The molecular weight excluding hydrogens is 365 g/mol. The van der Waals surface area contributed by atoms with E-state index in [1.54, 1.807) is 11.0 Å². The lowest BCUT2D eigenvalue weighted by molar-refractivity contribution is -0.157. The van der Waals surface area contributed by atoms with Crippen molar-refractivity contribution in [3.8, 4) is 0 Å². The molecule has 1 aromatic carbocycles. The zero-order chi connectivity index (χ0) is 17.8. The first-order chi connectivity index (χ1) is 11.9. The molecule has 2 saturated heterocycles. The molecule has 4 rings (SSSR count). The number of ether oxygens (including phenoxy) is 1. The van der Waals surface area contributed by atoms with Gasteiger partial charge in [0.25, 0.3) is 0 Å². The first-order valence-electron chi connectivity index (χ1n) is 8.48. The number of rotatable bonds is 3. The summed E-state index contributed by atoms with van der Waals surface area (Å²) in [7, 11) is 0. The monoisotopic (exact) mass is 383 g/mol. The predicted octanol–water partition coefficient (Wildman–Crippen LogP) is 3.05. The standard InChI is InChI=1S/C18H19Cl2NO4/c19-14-3-1-2-11(15(14)20)12-6-13(12)16(22)21-7-10-8-25-5-4-18(10,9-21)17(23)24/h1-3,10,12-13H,4-9H2,(H,23,24)/t10-,12?,13?,18+/m0/s1. The number of carbonyl (C=O) groups excluding carboxylic acids is 1. The lowest BCUT2D eigenvalue weighted by atomic mass is 9.74. The Bertz CT molecular complexity index is 740. The van der Waals surface area contributed by atoms with Crippen molar-refractivity contribution in [3.63, 3.8) is 0 Å². The Morgan fingerprint density at radius 2 is 2.12 bits per heavy atom. The van der Waals surface area contributed by atoms with E-state index in [2.05, 4.69) is 0 Å². The fourth-order valence-electron chi connectivity index (χ4n) is 4.32. The average Bonchev–Trinajstić information content (AvgIpc) is 3.27. The number of hydrogen-bond donors (Lipinski definition) is 1. The molecule has 5 nitrogen and oxygen atoms in total. The molecule has 2 unspecified atom stereocenters. The van der Waals surface area contributed by atoms with E-state index in [0.29, 0.717) is 36.2 Å². The molecule has 0 radical (unpaired) electrons. The van der Waals surface area contributed by atoms with Crippen LogP contribution in [-0.2, 0) is 14.3 Å². The number of halogens is 2. The number of nitrogens with zero attached hydrogens (tertiary/aromatic N) is 1. The number of fused-ring (bicyclic) bond motifs is 1. The summed E-state index contributed by atoms with van der Waals surface area (Å²) in [6, 6.07) is 5.47. The maximum atomic E-state index is 12.9. The molecule has 3 aliphatic rings. The zero-order valence-electron chi connectivity index (χ0n) is 13.6. The van der Waals surface area contributed by atoms with Gasteiger partial charge in [0.15, 0.2) is 0 Å². The van der Waals surface area contributed by atoms with Gasteiger partial charge in [0.1, 0.15) is 0 Å². The summed E-state index contributed by atoms with van der Waals surface area (Å²) in [5, 5.41) is 10.7. The van der Waals surface area contributed by atoms with E-state index in [1.807, 2.05) is 12.1 Å². The van der Waals surface area contributed by atoms with Crippen LogP contribution in [-0.4, -0.2) is 48.2 Å². The summed E-state index contributed by atoms with van der Waals surface area (Å²) in [6.45, 7) is 1.58. The summed E-state index contributed by atoms with van der Waals surface area (Å²) in [4.78, 5) is 26.5. The third kappa shape index (κ3) is 2.73. The Hall–Kier alpha value is -1.30. The van der Waals surface area contributed by atoms with Crippen LogP contribution < -0.4 is 0 Å². The van der Waals surface area contributed by atoms with Gasteiger partial charge < -0.3 is 14.7 Å².